The van der Waals surface area contributed by atoms with Crippen molar-refractivity contribution >= 4 is 8.80 Å². The van der Waals surface area contributed by atoms with Crippen molar-refractivity contribution in [3.8, 4) is 0 Å². The molecule has 0 radical (unpaired) electrons. The summed E-state index contributed by atoms with van der Waals surface area (Å²) in [7, 11) is 2.43. The van der Waals surface area contributed by atoms with E-state index in [0.29, 0.717) is 6.54 Å². The van der Waals surface area contributed by atoms with E-state index in [1.54, 1.807) is 21.3 Å². The molecule has 0 aliphatic heterocycles. The van der Waals surface area contributed by atoms with E-state index in [4.69, 9.17) is 19.0 Å². The number of rotatable bonds is 12. The van der Waals surface area contributed by atoms with Crippen LogP contribution in [0, 0.1) is 0 Å². The second-order valence-electron chi connectivity index (χ2n) is 4.67. The monoisotopic (exact) mass is 292 g/mol. The Morgan fingerprint density at radius 3 is 1.89 bits per heavy atom. The molecule has 5 nitrogen and oxygen atoms in total. The first-order valence-corrected chi connectivity index (χ1v) is 9.05. The van der Waals surface area contributed by atoms with E-state index >= 15 is 0 Å². The minimum absolute atomic E-state index is 0.200. The zero-order valence-electron chi connectivity index (χ0n) is 13.3. The van der Waals surface area contributed by atoms with Crippen molar-refractivity contribution < 1.29 is 13.3 Å². The Kier molecular flexibility index (Phi) is 10.8. The first-order valence-electron chi connectivity index (χ1n) is 7.25. The van der Waals surface area contributed by atoms with Crippen molar-refractivity contribution in [2.24, 2.45) is 5.73 Å². The van der Waals surface area contributed by atoms with Gasteiger partial charge in [-0.15, -0.1) is 0 Å². The molecule has 0 aliphatic rings. The molecule has 0 spiro atoms. The minimum Gasteiger partial charge on any atom is -0.376 e. The maximum atomic E-state index is 5.65. The van der Waals surface area contributed by atoms with Crippen LogP contribution in [0.5, 0.6) is 0 Å². The smallest absolute Gasteiger partial charge is 0.376 e. The van der Waals surface area contributed by atoms with Gasteiger partial charge in [-0.25, -0.2) is 0 Å². The molecule has 19 heavy (non-hydrogen) atoms. The highest BCUT2D eigenvalue weighted by Crippen LogP contribution is 2.21. The summed E-state index contributed by atoms with van der Waals surface area (Å²) in [6.07, 6.45) is 4.29. The standard InChI is InChI=1S/C13H32N2O3Si/c1-6-8-11-15(12-9-10-14)13(7-2)19(16-3,17-4)18-5/h13H,6-12,14H2,1-5H3. The molecule has 0 aromatic heterocycles. The van der Waals surface area contributed by atoms with Crippen LogP contribution in [0.3, 0.4) is 0 Å². The van der Waals surface area contributed by atoms with Crippen LogP contribution in [0.15, 0.2) is 0 Å². The van der Waals surface area contributed by atoms with Crippen LogP contribution < -0.4 is 5.73 Å². The van der Waals surface area contributed by atoms with Gasteiger partial charge >= 0.3 is 8.80 Å². The van der Waals surface area contributed by atoms with E-state index in [2.05, 4.69) is 18.7 Å². The van der Waals surface area contributed by atoms with Gasteiger partial charge in [-0.3, -0.25) is 4.90 Å². The second-order valence-corrected chi connectivity index (χ2v) is 7.77. The van der Waals surface area contributed by atoms with E-state index < -0.39 is 8.80 Å². The Morgan fingerprint density at radius 1 is 1.00 bits per heavy atom. The molecule has 1 atom stereocenters. The van der Waals surface area contributed by atoms with Gasteiger partial charge in [0.15, 0.2) is 0 Å². The van der Waals surface area contributed by atoms with Crippen LogP contribution in [-0.2, 0) is 13.3 Å². The molecule has 0 saturated carbocycles. The number of nitrogens with two attached hydrogens (primary N) is 1. The Balaban J connectivity index is 4.95. The lowest BCUT2D eigenvalue weighted by Crippen LogP contribution is -2.61. The van der Waals surface area contributed by atoms with Crippen LogP contribution in [0.25, 0.3) is 0 Å². The first kappa shape index (κ1) is 19.0. The number of hydrogen-bond donors (Lipinski definition) is 1. The summed E-state index contributed by atoms with van der Waals surface area (Å²) in [4.78, 5) is 2.43. The molecule has 116 valence electrons. The SMILES string of the molecule is CCCCN(CCCN)C(CC)[Si](OC)(OC)OC. The van der Waals surface area contributed by atoms with E-state index in [0.717, 1.165) is 25.9 Å². The zero-order valence-corrected chi connectivity index (χ0v) is 14.3. The molecule has 0 saturated heterocycles. The fourth-order valence-corrected chi connectivity index (χ4v) is 4.99. The van der Waals surface area contributed by atoms with Gasteiger partial charge in [-0.2, -0.15) is 0 Å². The normalized spacial score (nSPS) is 14.1. The average Bonchev–Trinajstić information content (AvgIpc) is 2.46. The average molecular weight is 292 g/mol. The lowest BCUT2D eigenvalue weighted by atomic mass is 10.2. The Bertz CT molecular complexity index is 200. The van der Waals surface area contributed by atoms with Crippen LogP contribution in [0.2, 0.25) is 0 Å². The van der Waals surface area contributed by atoms with Crippen molar-refractivity contribution in [2.45, 2.75) is 45.2 Å². The van der Waals surface area contributed by atoms with E-state index in [9.17, 15) is 0 Å². The van der Waals surface area contributed by atoms with Gasteiger partial charge in [0, 0.05) is 21.3 Å². The van der Waals surface area contributed by atoms with Gasteiger partial charge < -0.3 is 19.0 Å². The summed E-state index contributed by atoms with van der Waals surface area (Å²) >= 11 is 0. The molecule has 0 aromatic carbocycles. The lowest BCUT2D eigenvalue weighted by molar-refractivity contribution is 0.0713. The Labute approximate surface area is 119 Å². The topological polar surface area (TPSA) is 57.0 Å². The van der Waals surface area contributed by atoms with Crippen LogP contribution >= 0.6 is 0 Å². The van der Waals surface area contributed by atoms with Gasteiger partial charge in [-0.05, 0) is 38.9 Å². The fraction of sp³-hybridized carbons (Fsp3) is 1.00. The highest BCUT2D eigenvalue weighted by Gasteiger charge is 2.49. The Morgan fingerprint density at radius 2 is 1.53 bits per heavy atom. The van der Waals surface area contributed by atoms with E-state index in [1.807, 2.05) is 0 Å². The van der Waals surface area contributed by atoms with Crippen LogP contribution in [-0.4, -0.2) is 60.3 Å². The predicted octanol–water partition coefficient (Wildman–Crippen LogP) is 1.63. The maximum Gasteiger partial charge on any atom is 0.518 e. The minimum atomic E-state index is -2.62. The molecule has 0 aromatic rings. The summed E-state index contributed by atoms with van der Waals surface area (Å²) in [6.45, 7) is 7.08. The molecular formula is C13H32N2O3Si. The third-order valence-electron chi connectivity index (χ3n) is 3.54. The van der Waals surface area contributed by atoms with Gasteiger partial charge in [-0.1, -0.05) is 20.3 Å². The highest BCUT2D eigenvalue weighted by molar-refractivity contribution is 6.62. The third-order valence-corrected chi connectivity index (χ3v) is 6.83. The van der Waals surface area contributed by atoms with Gasteiger partial charge in [0.05, 0.1) is 5.67 Å². The van der Waals surface area contributed by atoms with Crippen molar-refractivity contribution in [3.63, 3.8) is 0 Å². The van der Waals surface area contributed by atoms with Gasteiger partial charge in [0.2, 0.25) is 0 Å². The molecule has 0 fully saturated rings. The quantitative estimate of drug-likeness (QED) is 0.554. The van der Waals surface area contributed by atoms with E-state index in [-0.39, 0.29) is 5.67 Å². The van der Waals surface area contributed by atoms with E-state index in [1.165, 1.54) is 12.8 Å². The molecule has 1 unspecified atom stereocenters. The number of hydrogen-bond acceptors (Lipinski definition) is 5. The fourth-order valence-electron chi connectivity index (χ4n) is 2.47. The van der Waals surface area contributed by atoms with Gasteiger partial charge in [0.1, 0.15) is 0 Å². The summed E-state index contributed by atoms with van der Waals surface area (Å²) in [6, 6.07) is 0. The molecule has 0 aliphatic carbocycles. The van der Waals surface area contributed by atoms with Crippen LogP contribution in [0.4, 0.5) is 0 Å². The zero-order chi connectivity index (χ0) is 14.7. The Hall–Kier alpha value is 0.0169. The third kappa shape index (κ3) is 5.49. The number of nitrogens with zero attached hydrogens (tertiary/aromatic N) is 1. The summed E-state index contributed by atoms with van der Waals surface area (Å²) < 4.78 is 17.0. The molecule has 2 N–H and O–H groups in total. The van der Waals surface area contributed by atoms with Crippen molar-refractivity contribution in [1.82, 2.24) is 4.90 Å². The molecular weight excluding hydrogens is 260 g/mol. The van der Waals surface area contributed by atoms with Crippen molar-refractivity contribution in [1.29, 1.82) is 0 Å². The van der Waals surface area contributed by atoms with Crippen molar-refractivity contribution in [3.05, 3.63) is 0 Å². The molecule has 0 rings (SSSR count). The molecule has 6 heteroatoms. The molecule has 0 amide bonds. The molecule has 0 bridgehead atoms. The van der Waals surface area contributed by atoms with Gasteiger partial charge in [0.25, 0.3) is 0 Å². The maximum absolute atomic E-state index is 5.65. The first-order chi connectivity index (χ1) is 9.15. The lowest BCUT2D eigenvalue weighted by Gasteiger charge is -2.39. The predicted molar refractivity (Wildman–Crippen MR) is 81.0 cm³/mol. The van der Waals surface area contributed by atoms with Crippen LogP contribution in [0.1, 0.15) is 39.5 Å². The number of unbranched alkanes of at least 4 members (excludes halogenated alkanes) is 1. The summed E-state index contributed by atoms with van der Waals surface area (Å²) in [5, 5.41) is 0. The summed E-state index contributed by atoms with van der Waals surface area (Å²) in [5.41, 5.74) is 5.84. The van der Waals surface area contributed by atoms with Crippen molar-refractivity contribution in [2.75, 3.05) is 41.0 Å². The highest BCUT2D eigenvalue weighted by atomic mass is 28.4. The second kappa shape index (κ2) is 10.8. The molecule has 0 heterocycles. The largest absolute Gasteiger partial charge is 0.518 e. The summed E-state index contributed by atoms with van der Waals surface area (Å²) in [5.74, 6) is 0.